The van der Waals surface area contributed by atoms with Crippen LogP contribution in [0.4, 0.5) is 15.3 Å². The number of hydrogen-bond donors (Lipinski definition) is 1. The first-order chi connectivity index (χ1) is 20.7. The van der Waals surface area contributed by atoms with E-state index < -0.39 is 24.1 Å². The van der Waals surface area contributed by atoms with E-state index in [-0.39, 0.29) is 62.4 Å². The van der Waals surface area contributed by atoms with Crippen LogP contribution in [0.25, 0.3) is 11.1 Å². The molecule has 13 heteroatoms. The van der Waals surface area contributed by atoms with Gasteiger partial charge in [-0.05, 0) is 38.5 Å². The van der Waals surface area contributed by atoms with Crippen molar-refractivity contribution in [3.63, 3.8) is 0 Å². The Bertz CT molecular complexity index is 1430. The number of anilines is 1. The number of carbonyl (C=O) groups is 5. The fourth-order valence-corrected chi connectivity index (χ4v) is 4.49. The highest BCUT2D eigenvalue weighted by Gasteiger charge is 2.35. The molecule has 43 heavy (non-hydrogen) atoms. The third kappa shape index (κ3) is 6.67. The number of likely N-dealkylation sites (N-methyl/N-ethyl adjacent to an activating group) is 1. The molecule has 2 aliphatic carbocycles. The van der Waals surface area contributed by atoms with Crippen LogP contribution in [0.15, 0.2) is 48.5 Å². The molecule has 0 bridgehead atoms. The Morgan fingerprint density at radius 2 is 1.28 bits per heavy atom. The predicted molar refractivity (Wildman–Crippen MR) is 152 cm³/mol. The van der Waals surface area contributed by atoms with Gasteiger partial charge in [0.05, 0.1) is 43.9 Å². The highest BCUT2D eigenvalue weighted by Crippen LogP contribution is 2.50. The minimum Gasteiger partial charge on any atom is -0.434 e. The fraction of sp³-hybridized carbons (Fsp3) is 0.300. The summed E-state index contributed by atoms with van der Waals surface area (Å²) in [4.78, 5) is 69.1. The molecule has 2 N–H and O–H groups in total. The Morgan fingerprint density at radius 3 is 1.74 bits per heavy atom. The van der Waals surface area contributed by atoms with Crippen molar-refractivity contribution in [2.75, 3.05) is 38.6 Å². The van der Waals surface area contributed by atoms with E-state index in [0.717, 1.165) is 9.96 Å². The second kappa shape index (κ2) is 13.7. The standard InChI is InChI=1S/C30H31N3O10/c1-4-33(41-16-15-32-27(35)21-9-7-8-10-22(21)28(32)36)23(34)17-18-11-13-19-20(14-12-18)26(43-30(38)40-6-3)24(31)25(19)42-29(37)39-5-2/h7-14H,4-6,15-17,31H2,1-3H3. The van der Waals surface area contributed by atoms with Crippen molar-refractivity contribution in [2.24, 2.45) is 0 Å². The van der Waals surface area contributed by atoms with E-state index >= 15 is 0 Å². The van der Waals surface area contributed by atoms with E-state index in [1.165, 1.54) is 0 Å². The van der Waals surface area contributed by atoms with Crippen LogP contribution in [-0.4, -0.2) is 72.9 Å². The zero-order valence-corrected chi connectivity index (χ0v) is 23.9. The maximum Gasteiger partial charge on any atom is 0.513 e. The Hall–Kier alpha value is -5.17. The lowest BCUT2D eigenvalue weighted by Crippen LogP contribution is -2.37. The van der Waals surface area contributed by atoms with Crippen molar-refractivity contribution in [3.8, 4) is 22.6 Å². The van der Waals surface area contributed by atoms with Gasteiger partial charge in [0.15, 0.2) is 11.5 Å². The SMILES string of the molecule is CCOC(=O)Oc1c2ccc(CC(=O)N(CC)OCCN3C(=O)c4ccccc4C3=O)ccc-2c(OC(=O)OCC)c1N. The predicted octanol–water partition coefficient (Wildman–Crippen LogP) is 4.06. The van der Waals surface area contributed by atoms with Gasteiger partial charge in [-0.25, -0.2) is 14.7 Å². The van der Waals surface area contributed by atoms with Gasteiger partial charge >= 0.3 is 12.3 Å². The number of hydroxylamine groups is 2. The molecule has 3 aliphatic rings. The molecule has 13 nitrogen and oxygen atoms in total. The largest absolute Gasteiger partial charge is 0.513 e. The number of amides is 3. The molecule has 4 rings (SSSR count). The molecular formula is C30H31N3O10. The summed E-state index contributed by atoms with van der Waals surface area (Å²) >= 11 is 0. The molecule has 0 atom stereocenters. The zero-order valence-electron chi connectivity index (χ0n) is 23.9. The van der Waals surface area contributed by atoms with Gasteiger partial charge in [0, 0.05) is 17.7 Å². The number of ether oxygens (including phenoxy) is 4. The maximum atomic E-state index is 13.1. The van der Waals surface area contributed by atoms with E-state index in [1.54, 1.807) is 69.3 Å². The molecule has 3 amide bonds. The number of carbonyl (C=O) groups excluding carboxylic acids is 5. The molecule has 1 aliphatic heterocycles. The van der Waals surface area contributed by atoms with Gasteiger partial charge in [-0.1, -0.05) is 36.4 Å². The highest BCUT2D eigenvalue weighted by atomic mass is 16.7. The number of nitrogens with zero attached hydrogens (tertiary/aromatic N) is 2. The Balaban J connectivity index is 1.48. The fourth-order valence-electron chi connectivity index (χ4n) is 4.49. The first-order valence-corrected chi connectivity index (χ1v) is 13.6. The van der Waals surface area contributed by atoms with E-state index in [2.05, 4.69) is 0 Å². The van der Waals surface area contributed by atoms with Crippen LogP contribution in [0.1, 0.15) is 47.1 Å². The van der Waals surface area contributed by atoms with Crippen LogP contribution in [0.2, 0.25) is 0 Å². The van der Waals surface area contributed by atoms with Crippen molar-refractivity contribution in [1.29, 1.82) is 0 Å². The molecule has 226 valence electrons. The van der Waals surface area contributed by atoms with Crippen molar-refractivity contribution >= 4 is 35.7 Å². The molecule has 0 saturated carbocycles. The summed E-state index contributed by atoms with van der Waals surface area (Å²) in [5.74, 6) is -1.36. The number of hydrogen-bond acceptors (Lipinski definition) is 11. The third-order valence-electron chi connectivity index (χ3n) is 6.45. The minimum absolute atomic E-state index is 0.0286. The normalized spacial score (nSPS) is 12.2. The maximum absolute atomic E-state index is 13.1. The van der Waals surface area contributed by atoms with E-state index in [1.807, 2.05) is 0 Å². The van der Waals surface area contributed by atoms with Crippen LogP contribution in [0.3, 0.4) is 0 Å². The smallest absolute Gasteiger partial charge is 0.434 e. The van der Waals surface area contributed by atoms with E-state index in [9.17, 15) is 24.0 Å². The average molecular weight is 594 g/mol. The van der Waals surface area contributed by atoms with Crippen LogP contribution in [0.5, 0.6) is 11.5 Å². The Kier molecular flexibility index (Phi) is 9.78. The van der Waals surface area contributed by atoms with Gasteiger partial charge in [-0.2, -0.15) is 0 Å². The van der Waals surface area contributed by atoms with Crippen LogP contribution >= 0.6 is 0 Å². The van der Waals surface area contributed by atoms with E-state index in [0.29, 0.717) is 27.8 Å². The number of nitrogen functional groups attached to an aromatic ring is 1. The molecule has 0 fully saturated rings. The Labute approximate surface area is 247 Å². The number of imide groups is 1. The van der Waals surface area contributed by atoms with Gasteiger partial charge in [0.1, 0.15) is 5.69 Å². The van der Waals surface area contributed by atoms with Crippen molar-refractivity contribution in [1.82, 2.24) is 9.96 Å². The highest BCUT2D eigenvalue weighted by molar-refractivity contribution is 6.21. The lowest BCUT2D eigenvalue weighted by Gasteiger charge is -2.22. The molecule has 0 radical (unpaired) electrons. The summed E-state index contributed by atoms with van der Waals surface area (Å²) in [5, 5.41) is 1.15. The van der Waals surface area contributed by atoms with Crippen LogP contribution < -0.4 is 15.2 Å². The molecule has 0 spiro atoms. The van der Waals surface area contributed by atoms with Gasteiger partial charge in [0.2, 0.25) is 0 Å². The van der Waals surface area contributed by atoms with Crippen molar-refractivity contribution in [2.45, 2.75) is 27.2 Å². The van der Waals surface area contributed by atoms with Crippen LogP contribution in [-0.2, 0) is 25.5 Å². The average Bonchev–Trinajstić information content (AvgIpc) is 3.24. The summed E-state index contributed by atoms with van der Waals surface area (Å²) in [6.07, 6.45) is -2.08. The number of fused-ring (bicyclic) bond motifs is 2. The third-order valence-corrected chi connectivity index (χ3v) is 6.45. The number of rotatable bonds is 11. The first-order valence-electron chi connectivity index (χ1n) is 13.6. The lowest BCUT2D eigenvalue weighted by atomic mass is 10.1. The van der Waals surface area contributed by atoms with Crippen LogP contribution in [0, 0.1) is 0 Å². The summed E-state index contributed by atoms with van der Waals surface area (Å²) in [6, 6.07) is 12.9. The summed E-state index contributed by atoms with van der Waals surface area (Å²) < 4.78 is 20.3. The molecule has 1 aromatic carbocycles. The molecule has 1 heterocycles. The second-order valence-corrected chi connectivity index (χ2v) is 9.12. The van der Waals surface area contributed by atoms with Gasteiger partial charge in [-0.3, -0.25) is 24.1 Å². The lowest BCUT2D eigenvalue weighted by molar-refractivity contribution is -0.184. The molecular weight excluding hydrogens is 562 g/mol. The quantitative estimate of drug-likeness (QED) is 0.194. The van der Waals surface area contributed by atoms with Crippen molar-refractivity contribution in [3.05, 3.63) is 65.2 Å². The second-order valence-electron chi connectivity index (χ2n) is 9.12. The Morgan fingerprint density at radius 1 is 0.767 bits per heavy atom. The number of nitrogens with two attached hydrogens (primary N) is 1. The van der Waals surface area contributed by atoms with Crippen molar-refractivity contribution < 1.29 is 47.8 Å². The van der Waals surface area contributed by atoms with E-state index in [4.69, 9.17) is 29.5 Å². The molecule has 0 unspecified atom stereocenters. The summed E-state index contributed by atoms with van der Waals surface area (Å²) in [5.41, 5.74) is 7.93. The molecule has 0 aromatic heterocycles. The molecule has 0 saturated heterocycles. The summed E-state index contributed by atoms with van der Waals surface area (Å²) in [6.45, 7) is 5.18. The monoisotopic (exact) mass is 593 g/mol. The summed E-state index contributed by atoms with van der Waals surface area (Å²) in [7, 11) is 0. The van der Waals surface area contributed by atoms with Gasteiger partial charge in [-0.15, -0.1) is 0 Å². The first kappa shape index (κ1) is 30.8. The number of benzene rings is 1. The zero-order chi connectivity index (χ0) is 31.1. The topological polar surface area (TPSA) is 164 Å². The minimum atomic E-state index is -0.998. The molecule has 1 aromatic rings. The van der Waals surface area contributed by atoms with Gasteiger partial charge < -0.3 is 24.7 Å². The van der Waals surface area contributed by atoms with Gasteiger partial charge in [0.25, 0.3) is 17.7 Å².